The maximum absolute atomic E-state index is 11.0. The lowest BCUT2D eigenvalue weighted by Crippen LogP contribution is -1.97. The summed E-state index contributed by atoms with van der Waals surface area (Å²) in [5.41, 5.74) is 7.62. The van der Waals surface area contributed by atoms with Crippen molar-refractivity contribution in [3.63, 3.8) is 0 Å². The van der Waals surface area contributed by atoms with Crippen LogP contribution in [0.4, 0.5) is 5.69 Å². The smallest absolute Gasteiger partial charge is 0.161 e. The number of anilines is 1. The van der Waals surface area contributed by atoms with Crippen molar-refractivity contribution in [3.8, 4) is 0 Å². The van der Waals surface area contributed by atoms with E-state index < -0.39 is 0 Å². The molecule has 2 N–H and O–H groups in total. The Morgan fingerprint density at radius 3 is 2.58 bits per heavy atom. The lowest BCUT2D eigenvalue weighted by atomic mass is 10.1. The fraction of sp³-hybridized carbons (Fsp3) is 0.222. The summed E-state index contributed by atoms with van der Waals surface area (Å²) in [6.07, 6.45) is 0. The maximum atomic E-state index is 11.0. The van der Waals surface area contributed by atoms with E-state index in [1.807, 2.05) is 6.92 Å². The second kappa shape index (κ2) is 3.15. The first-order chi connectivity index (χ1) is 5.52. The predicted octanol–water partition coefficient (Wildman–Crippen LogP) is 2.43. The molecule has 0 aromatic heterocycles. The molecule has 0 amide bonds. The number of Topliss-reactive ketones (excluding diaryl/α,β-unsaturated/α-hetero) is 1. The topological polar surface area (TPSA) is 43.1 Å². The molecular formula is C9H10ClNO. The Morgan fingerprint density at radius 1 is 1.50 bits per heavy atom. The number of hydrogen-bond acceptors (Lipinski definition) is 2. The molecule has 0 bridgehead atoms. The van der Waals surface area contributed by atoms with Gasteiger partial charge in [-0.2, -0.15) is 0 Å². The van der Waals surface area contributed by atoms with Crippen LogP contribution in [-0.4, -0.2) is 5.78 Å². The van der Waals surface area contributed by atoms with Gasteiger partial charge in [0.2, 0.25) is 0 Å². The number of halogens is 1. The van der Waals surface area contributed by atoms with Crippen molar-refractivity contribution in [2.75, 3.05) is 5.73 Å². The summed E-state index contributed by atoms with van der Waals surface area (Å²) in [7, 11) is 0. The highest BCUT2D eigenvalue weighted by atomic mass is 35.5. The normalized spacial score (nSPS) is 9.92. The quantitative estimate of drug-likeness (QED) is 0.537. The van der Waals surface area contributed by atoms with Crippen LogP contribution in [0.2, 0.25) is 5.02 Å². The highest BCUT2D eigenvalue weighted by Gasteiger charge is 2.07. The van der Waals surface area contributed by atoms with Crippen LogP contribution < -0.4 is 5.73 Å². The van der Waals surface area contributed by atoms with Crippen molar-refractivity contribution >= 4 is 23.1 Å². The predicted molar refractivity (Wildman–Crippen MR) is 50.6 cm³/mol. The molecule has 12 heavy (non-hydrogen) atoms. The van der Waals surface area contributed by atoms with Gasteiger partial charge in [-0.15, -0.1) is 0 Å². The molecule has 1 aromatic rings. The van der Waals surface area contributed by atoms with Gasteiger partial charge >= 0.3 is 0 Å². The summed E-state index contributed by atoms with van der Waals surface area (Å²) in [5.74, 6) is -0.0388. The number of nitrogens with two attached hydrogens (primary N) is 1. The van der Waals surface area contributed by atoms with Crippen molar-refractivity contribution in [2.45, 2.75) is 13.8 Å². The van der Waals surface area contributed by atoms with Crippen LogP contribution >= 0.6 is 11.6 Å². The molecule has 0 atom stereocenters. The van der Waals surface area contributed by atoms with Gasteiger partial charge in [0.05, 0.1) is 5.02 Å². The molecule has 64 valence electrons. The van der Waals surface area contributed by atoms with E-state index in [0.717, 1.165) is 5.56 Å². The van der Waals surface area contributed by atoms with Gasteiger partial charge in [-0.1, -0.05) is 11.6 Å². The van der Waals surface area contributed by atoms with Crippen LogP contribution in [0, 0.1) is 6.92 Å². The van der Waals surface area contributed by atoms with E-state index >= 15 is 0 Å². The first-order valence-corrected chi connectivity index (χ1v) is 3.96. The van der Waals surface area contributed by atoms with Gasteiger partial charge in [0.15, 0.2) is 5.78 Å². The number of carbonyl (C=O) groups excluding carboxylic acids is 1. The van der Waals surface area contributed by atoms with Crippen LogP contribution in [0.3, 0.4) is 0 Å². The third-order valence-corrected chi connectivity index (χ3v) is 2.05. The minimum Gasteiger partial charge on any atom is -0.398 e. The fourth-order valence-corrected chi connectivity index (χ4v) is 1.27. The molecule has 0 saturated carbocycles. The van der Waals surface area contributed by atoms with E-state index in [0.29, 0.717) is 16.3 Å². The molecule has 1 aromatic carbocycles. The number of benzene rings is 1. The molecule has 1 rings (SSSR count). The Hall–Kier alpha value is -1.02. The average Bonchev–Trinajstić information content (AvgIpc) is 1.96. The zero-order valence-electron chi connectivity index (χ0n) is 7.02. The van der Waals surface area contributed by atoms with Crippen LogP contribution in [0.25, 0.3) is 0 Å². The summed E-state index contributed by atoms with van der Waals surface area (Å²) in [5, 5.41) is 0.422. The van der Waals surface area contributed by atoms with Gasteiger partial charge < -0.3 is 5.73 Å². The molecule has 0 saturated heterocycles. The number of carbonyl (C=O) groups is 1. The zero-order valence-corrected chi connectivity index (χ0v) is 7.77. The Kier molecular flexibility index (Phi) is 2.38. The highest BCUT2D eigenvalue weighted by molar-refractivity contribution is 6.34. The lowest BCUT2D eigenvalue weighted by molar-refractivity contribution is 0.101. The second-order valence-corrected chi connectivity index (χ2v) is 3.15. The summed E-state index contributed by atoms with van der Waals surface area (Å²) in [6.45, 7) is 3.33. The number of rotatable bonds is 1. The van der Waals surface area contributed by atoms with Crippen molar-refractivity contribution in [2.24, 2.45) is 0 Å². The van der Waals surface area contributed by atoms with E-state index in [2.05, 4.69) is 0 Å². The molecule has 0 aliphatic heterocycles. The number of aryl methyl sites for hydroxylation is 1. The van der Waals surface area contributed by atoms with Crippen LogP contribution in [0.1, 0.15) is 22.8 Å². The Bertz CT molecular complexity index is 334. The first-order valence-electron chi connectivity index (χ1n) is 3.59. The maximum Gasteiger partial charge on any atom is 0.161 e. The molecule has 0 spiro atoms. The Morgan fingerprint density at radius 2 is 2.08 bits per heavy atom. The second-order valence-electron chi connectivity index (χ2n) is 2.74. The van der Waals surface area contributed by atoms with E-state index in [1.165, 1.54) is 6.92 Å². The Labute approximate surface area is 76.3 Å². The van der Waals surface area contributed by atoms with E-state index in [1.54, 1.807) is 12.1 Å². The summed E-state index contributed by atoms with van der Waals surface area (Å²) in [6, 6.07) is 3.31. The van der Waals surface area contributed by atoms with Crippen molar-refractivity contribution in [1.29, 1.82) is 0 Å². The molecule has 0 radical (unpaired) electrons. The average molecular weight is 184 g/mol. The standard InChI is InChI=1S/C9H10ClNO/c1-5-3-7(6(2)12)8(10)4-9(5)11/h3-4H,11H2,1-2H3. The minimum absolute atomic E-state index is 0.0388. The fourth-order valence-electron chi connectivity index (χ4n) is 0.967. The van der Waals surface area contributed by atoms with E-state index in [-0.39, 0.29) is 5.78 Å². The third kappa shape index (κ3) is 1.59. The molecule has 0 unspecified atom stereocenters. The summed E-state index contributed by atoms with van der Waals surface area (Å²) < 4.78 is 0. The van der Waals surface area contributed by atoms with Gasteiger partial charge in [0.1, 0.15) is 0 Å². The number of hydrogen-bond donors (Lipinski definition) is 1. The van der Waals surface area contributed by atoms with E-state index in [4.69, 9.17) is 17.3 Å². The van der Waals surface area contributed by atoms with Crippen molar-refractivity contribution < 1.29 is 4.79 Å². The van der Waals surface area contributed by atoms with Gasteiger partial charge in [-0.05, 0) is 31.5 Å². The van der Waals surface area contributed by atoms with Gasteiger partial charge in [0, 0.05) is 11.3 Å². The first kappa shape index (κ1) is 9.07. The third-order valence-electron chi connectivity index (χ3n) is 1.74. The molecule has 2 nitrogen and oxygen atoms in total. The monoisotopic (exact) mass is 183 g/mol. The van der Waals surface area contributed by atoms with Crippen LogP contribution in [0.15, 0.2) is 12.1 Å². The van der Waals surface area contributed by atoms with Gasteiger partial charge in [-0.3, -0.25) is 4.79 Å². The van der Waals surface area contributed by atoms with Crippen molar-refractivity contribution in [1.82, 2.24) is 0 Å². The largest absolute Gasteiger partial charge is 0.398 e. The summed E-state index contributed by atoms with van der Waals surface area (Å²) >= 11 is 5.80. The SMILES string of the molecule is CC(=O)c1cc(C)c(N)cc1Cl. The Balaban J connectivity index is 3.33. The summed E-state index contributed by atoms with van der Waals surface area (Å²) in [4.78, 5) is 11.0. The number of ketones is 1. The minimum atomic E-state index is -0.0388. The molecule has 3 heteroatoms. The van der Waals surface area contributed by atoms with E-state index in [9.17, 15) is 4.79 Å². The molecule has 0 heterocycles. The molecule has 0 aliphatic carbocycles. The van der Waals surface area contributed by atoms with Crippen LogP contribution in [-0.2, 0) is 0 Å². The van der Waals surface area contributed by atoms with Crippen molar-refractivity contribution in [3.05, 3.63) is 28.3 Å². The van der Waals surface area contributed by atoms with Crippen LogP contribution in [0.5, 0.6) is 0 Å². The number of nitrogen functional groups attached to an aromatic ring is 1. The molecule has 0 aliphatic rings. The van der Waals surface area contributed by atoms with Gasteiger partial charge in [0.25, 0.3) is 0 Å². The molecular weight excluding hydrogens is 174 g/mol. The zero-order chi connectivity index (χ0) is 9.30. The highest BCUT2D eigenvalue weighted by Crippen LogP contribution is 2.22. The molecule has 0 fully saturated rings. The van der Waals surface area contributed by atoms with Gasteiger partial charge in [-0.25, -0.2) is 0 Å². The lowest BCUT2D eigenvalue weighted by Gasteiger charge is -2.04.